The number of hydrogen-bond donors (Lipinski definition) is 1. The number of ether oxygens (including phenoxy) is 1. The second-order valence-corrected chi connectivity index (χ2v) is 4.47. The van der Waals surface area contributed by atoms with E-state index < -0.39 is 12.0 Å². The highest BCUT2D eigenvalue weighted by Crippen LogP contribution is 2.32. The minimum Gasteiger partial charge on any atom is -0.479 e. The molecule has 1 heterocycles. The molecule has 0 bridgehead atoms. The van der Waals surface area contributed by atoms with Gasteiger partial charge in [0.1, 0.15) is 11.3 Å². The van der Waals surface area contributed by atoms with Gasteiger partial charge in [0, 0.05) is 11.6 Å². The number of fused-ring (bicyclic) bond motifs is 1. The zero-order valence-electron chi connectivity index (χ0n) is 10.1. The number of aryl methyl sites for hydroxylation is 1. The number of pyridine rings is 1. The van der Waals surface area contributed by atoms with Crippen LogP contribution < -0.4 is 10.5 Å². The van der Waals surface area contributed by atoms with E-state index in [4.69, 9.17) is 22.1 Å². The number of amides is 1. The van der Waals surface area contributed by atoms with Gasteiger partial charge in [-0.05, 0) is 37.6 Å². The van der Waals surface area contributed by atoms with E-state index in [1.54, 1.807) is 25.3 Å². The minimum absolute atomic E-state index is 0.504. The van der Waals surface area contributed by atoms with Gasteiger partial charge in [0.15, 0.2) is 6.10 Å². The minimum atomic E-state index is -0.711. The third-order valence-corrected chi connectivity index (χ3v) is 3.03. The molecule has 1 aromatic carbocycles. The van der Waals surface area contributed by atoms with Crippen molar-refractivity contribution in [2.24, 2.45) is 5.73 Å². The quantitative estimate of drug-likeness (QED) is 0.926. The summed E-state index contributed by atoms with van der Waals surface area (Å²) in [6.45, 7) is 3.54. The average Bonchev–Trinajstić information content (AvgIpc) is 2.32. The first-order valence-electron chi connectivity index (χ1n) is 5.50. The molecule has 1 amide bonds. The molecule has 0 radical (unpaired) electrons. The molecule has 0 saturated carbocycles. The standard InChI is InChI=1S/C13H13ClN2O2/c1-7-5-6-16-12-10(18-8(2)13(15)17)4-3-9(14)11(7)12/h3-6,8H,1-2H3,(H2,15,17). The summed E-state index contributed by atoms with van der Waals surface area (Å²) in [4.78, 5) is 15.3. The zero-order valence-corrected chi connectivity index (χ0v) is 10.9. The summed E-state index contributed by atoms with van der Waals surface area (Å²) >= 11 is 6.15. The fraction of sp³-hybridized carbons (Fsp3) is 0.231. The number of halogens is 1. The van der Waals surface area contributed by atoms with Crippen molar-refractivity contribution in [3.05, 3.63) is 35.0 Å². The smallest absolute Gasteiger partial charge is 0.258 e. The van der Waals surface area contributed by atoms with Crippen molar-refractivity contribution in [3.8, 4) is 5.75 Å². The van der Waals surface area contributed by atoms with E-state index in [2.05, 4.69) is 4.98 Å². The van der Waals surface area contributed by atoms with Crippen molar-refractivity contribution in [1.82, 2.24) is 4.98 Å². The van der Waals surface area contributed by atoms with E-state index in [1.807, 2.05) is 13.0 Å². The first-order chi connectivity index (χ1) is 8.50. The number of benzene rings is 1. The van der Waals surface area contributed by atoms with Crippen molar-refractivity contribution in [2.45, 2.75) is 20.0 Å². The number of carbonyl (C=O) groups is 1. The summed E-state index contributed by atoms with van der Waals surface area (Å²) in [5.41, 5.74) is 6.81. The van der Waals surface area contributed by atoms with Crippen molar-refractivity contribution in [2.75, 3.05) is 0 Å². The van der Waals surface area contributed by atoms with E-state index in [0.717, 1.165) is 10.9 Å². The lowest BCUT2D eigenvalue weighted by Crippen LogP contribution is -2.30. The van der Waals surface area contributed by atoms with E-state index in [0.29, 0.717) is 16.3 Å². The molecule has 1 unspecified atom stereocenters. The second kappa shape index (κ2) is 4.82. The number of nitrogens with zero attached hydrogens (tertiary/aromatic N) is 1. The molecule has 1 aromatic heterocycles. The van der Waals surface area contributed by atoms with E-state index in [-0.39, 0.29) is 0 Å². The van der Waals surface area contributed by atoms with Crippen LogP contribution in [0.2, 0.25) is 5.02 Å². The van der Waals surface area contributed by atoms with Gasteiger partial charge in [-0.25, -0.2) is 0 Å². The fourth-order valence-electron chi connectivity index (χ4n) is 1.70. The SMILES string of the molecule is Cc1ccnc2c(OC(C)C(N)=O)ccc(Cl)c12. The van der Waals surface area contributed by atoms with Crippen LogP contribution in [0.1, 0.15) is 12.5 Å². The van der Waals surface area contributed by atoms with Crippen LogP contribution in [0.15, 0.2) is 24.4 Å². The molecule has 0 aliphatic carbocycles. The van der Waals surface area contributed by atoms with Crippen LogP contribution in [0.5, 0.6) is 5.75 Å². The molecule has 0 saturated heterocycles. The Bertz CT molecular complexity index is 605. The topological polar surface area (TPSA) is 65.2 Å². The Kier molecular flexibility index (Phi) is 3.39. The third kappa shape index (κ3) is 2.24. The summed E-state index contributed by atoms with van der Waals surface area (Å²) < 4.78 is 5.50. The van der Waals surface area contributed by atoms with Gasteiger partial charge < -0.3 is 10.5 Å². The van der Waals surface area contributed by atoms with Crippen LogP contribution >= 0.6 is 11.6 Å². The monoisotopic (exact) mass is 264 g/mol. The number of rotatable bonds is 3. The van der Waals surface area contributed by atoms with Crippen molar-refractivity contribution in [3.63, 3.8) is 0 Å². The molecule has 94 valence electrons. The normalized spacial score (nSPS) is 12.4. The molecule has 2 rings (SSSR count). The molecule has 4 nitrogen and oxygen atoms in total. The number of hydrogen-bond acceptors (Lipinski definition) is 3. The van der Waals surface area contributed by atoms with Crippen LogP contribution in [-0.2, 0) is 4.79 Å². The molecule has 0 aliphatic heterocycles. The van der Waals surface area contributed by atoms with Gasteiger partial charge in [0.2, 0.25) is 0 Å². The van der Waals surface area contributed by atoms with E-state index in [9.17, 15) is 4.79 Å². The predicted octanol–water partition coefficient (Wildman–Crippen LogP) is 2.45. The Hall–Kier alpha value is -1.81. The fourth-order valence-corrected chi connectivity index (χ4v) is 2.00. The average molecular weight is 265 g/mol. The van der Waals surface area contributed by atoms with Crippen LogP contribution in [0.4, 0.5) is 0 Å². The summed E-state index contributed by atoms with van der Waals surface area (Å²) in [5, 5.41) is 1.43. The first kappa shape index (κ1) is 12.6. The zero-order chi connectivity index (χ0) is 13.3. The highest BCUT2D eigenvalue weighted by atomic mass is 35.5. The van der Waals surface area contributed by atoms with Gasteiger partial charge in [-0.2, -0.15) is 0 Å². The Morgan fingerprint density at radius 3 is 2.83 bits per heavy atom. The number of aromatic nitrogens is 1. The Balaban J connectivity index is 2.56. The molecule has 5 heteroatoms. The van der Waals surface area contributed by atoms with Gasteiger partial charge in [0.25, 0.3) is 5.91 Å². The van der Waals surface area contributed by atoms with Gasteiger partial charge >= 0.3 is 0 Å². The molecule has 0 spiro atoms. The molecule has 0 aliphatic rings. The molecular formula is C13H13ClN2O2. The second-order valence-electron chi connectivity index (χ2n) is 4.06. The summed E-state index contributed by atoms with van der Waals surface area (Å²) in [6.07, 6.45) is 0.965. The highest BCUT2D eigenvalue weighted by Gasteiger charge is 2.14. The first-order valence-corrected chi connectivity index (χ1v) is 5.88. The Labute approximate surface area is 110 Å². The summed E-state index contributed by atoms with van der Waals surface area (Å²) in [7, 11) is 0. The molecule has 0 fully saturated rings. The number of nitrogens with two attached hydrogens (primary N) is 1. The van der Waals surface area contributed by atoms with Gasteiger partial charge in [0.05, 0.1) is 5.02 Å². The lowest BCUT2D eigenvalue weighted by molar-refractivity contribution is -0.123. The molecule has 2 aromatic rings. The largest absolute Gasteiger partial charge is 0.479 e. The van der Waals surface area contributed by atoms with Gasteiger partial charge in [-0.3, -0.25) is 9.78 Å². The van der Waals surface area contributed by atoms with E-state index in [1.165, 1.54) is 0 Å². The number of carbonyl (C=O) groups excluding carboxylic acids is 1. The van der Waals surface area contributed by atoms with Crippen molar-refractivity contribution in [1.29, 1.82) is 0 Å². The Morgan fingerprint density at radius 2 is 2.17 bits per heavy atom. The summed E-state index contributed by atoms with van der Waals surface area (Å²) in [6, 6.07) is 5.29. The van der Waals surface area contributed by atoms with Crippen molar-refractivity contribution >= 4 is 28.4 Å². The van der Waals surface area contributed by atoms with Crippen LogP contribution in [0.25, 0.3) is 10.9 Å². The van der Waals surface area contributed by atoms with Crippen LogP contribution in [0.3, 0.4) is 0 Å². The maximum atomic E-state index is 11.0. The lowest BCUT2D eigenvalue weighted by Gasteiger charge is -2.14. The molecule has 1 atom stereocenters. The molecule has 18 heavy (non-hydrogen) atoms. The molecule has 2 N–H and O–H groups in total. The highest BCUT2D eigenvalue weighted by molar-refractivity contribution is 6.35. The maximum Gasteiger partial charge on any atom is 0.258 e. The Morgan fingerprint density at radius 1 is 1.44 bits per heavy atom. The lowest BCUT2D eigenvalue weighted by atomic mass is 10.1. The maximum absolute atomic E-state index is 11.0. The summed E-state index contributed by atoms with van der Waals surface area (Å²) in [5.74, 6) is -0.0184. The van der Waals surface area contributed by atoms with Gasteiger partial charge in [-0.15, -0.1) is 0 Å². The predicted molar refractivity (Wildman–Crippen MR) is 70.8 cm³/mol. The van der Waals surface area contributed by atoms with Crippen LogP contribution in [-0.4, -0.2) is 17.0 Å². The van der Waals surface area contributed by atoms with E-state index >= 15 is 0 Å². The van der Waals surface area contributed by atoms with Crippen molar-refractivity contribution < 1.29 is 9.53 Å². The molecular weight excluding hydrogens is 252 g/mol. The van der Waals surface area contributed by atoms with Gasteiger partial charge in [-0.1, -0.05) is 11.6 Å². The third-order valence-electron chi connectivity index (χ3n) is 2.72. The number of primary amides is 1. The van der Waals surface area contributed by atoms with Crippen LogP contribution in [0, 0.1) is 6.92 Å².